The summed E-state index contributed by atoms with van der Waals surface area (Å²) in [5, 5.41) is 10.8. The van der Waals surface area contributed by atoms with Gasteiger partial charge in [0.1, 0.15) is 5.75 Å². The Morgan fingerprint density at radius 2 is 1.93 bits per heavy atom. The first kappa shape index (κ1) is 19.9. The molecule has 0 aliphatic rings. The van der Waals surface area contributed by atoms with E-state index in [0.29, 0.717) is 11.0 Å². The highest BCUT2D eigenvalue weighted by atomic mass is 32.2. The van der Waals surface area contributed by atoms with Crippen molar-refractivity contribution in [1.29, 1.82) is 0 Å². The molecule has 1 heterocycles. The molecule has 2 aromatic carbocycles. The first-order chi connectivity index (χ1) is 13.7. The lowest BCUT2D eigenvalue weighted by Crippen LogP contribution is -2.29. The van der Waals surface area contributed by atoms with E-state index >= 15 is 0 Å². The van der Waals surface area contributed by atoms with Crippen LogP contribution in [0.25, 0.3) is 11.4 Å². The third kappa shape index (κ3) is 5.36. The number of nitrogens with one attached hydrogen (secondary N) is 2. The lowest BCUT2D eigenvalue weighted by Gasteiger charge is -2.18. The molecule has 0 fully saturated rings. The second kappa shape index (κ2) is 9.94. The Balaban J connectivity index is 1.56. The van der Waals surface area contributed by atoms with Gasteiger partial charge in [0.15, 0.2) is 5.82 Å². The highest BCUT2D eigenvalue weighted by Gasteiger charge is 2.15. The van der Waals surface area contributed by atoms with Gasteiger partial charge in [-0.25, -0.2) is 4.98 Å². The maximum absolute atomic E-state index is 12.4. The topological polar surface area (TPSA) is 79.9 Å². The lowest BCUT2D eigenvalue weighted by atomic mass is 10.0. The summed E-state index contributed by atoms with van der Waals surface area (Å²) < 4.78 is 5.16. The van der Waals surface area contributed by atoms with Gasteiger partial charge in [0.05, 0.1) is 18.9 Å². The van der Waals surface area contributed by atoms with Gasteiger partial charge >= 0.3 is 0 Å². The maximum atomic E-state index is 12.4. The Hall–Kier alpha value is -2.80. The molecule has 0 bridgehead atoms. The van der Waals surface area contributed by atoms with Gasteiger partial charge < -0.3 is 10.1 Å². The van der Waals surface area contributed by atoms with E-state index in [4.69, 9.17) is 4.74 Å². The van der Waals surface area contributed by atoms with Gasteiger partial charge in [0, 0.05) is 5.56 Å². The molecule has 0 aliphatic heterocycles. The molecule has 0 radical (unpaired) electrons. The van der Waals surface area contributed by atoms with Gasteiger partial charge in [-0.15, -0.1) is 5.10 Å². The molecular weight excluding hydrogens is 372 g/mol. The fourth-order valence-corrected chi connectivity index (χ4v) is 3.46. The zero-order chi connectivity index (χ0) is 19.8. The van der Waals surface area contributed by atoms with Crippen LogP contribution >= 0.6 is 11.8 Å². The molecule has 3 rings (SSSR count). The van der Waals surface area contributed by atoms with Gasteiger partial charge in [-0.05, 0) is 36.2 Å². The van der Waals surface area contributed by atoms with Crippen LogP contribution in [0.1, 0.15) is 31.4 Å². The number of H-pyrrole nitrogens is 1. The van der Waals surface area contributed by atoms with Crippen LogP contribution in [-0.2, 0) is 4.79 Å². The molecule has 28 heavy (non-hydrogen) atoms. The number of ether oxygens (including phenoxy) is 1. The fourth-order valence-electron chi connectivity index (χ4n) is 2.85. The van der Waals surface area contributed by atoms with Gasteiger partial charge in [-0.1, -0.05) is 55.4 Å². The van der Waals surface area contributed by atoms with E-state index in [-0.39, 0.29) is 17.7 Å². The zero-order valence-electron chi connectivity index (χ0n) is 16.0. The number of carbonyl (C=O) groups is 1. The predicted molar refractivity (Wildman–Crippen MR) is 111 cm³/mol. The number of carbonyl (C=O) groups excluding carboxylic acids is 1. The van der Waals surface area contributed by atoms with Crippen LogP contribution in [0, 0.1) is 0 Å². The number of rotatable bonds is 9. The molecule has 0 unspecified atom stereocenters. The minimum absolute atomic E-state index is 0.0249. The minimum Gasteiger partial charge on any atom is -0.497 e. The van der Waals surface area contributed by atoms with Crippen LogP contribution in [0.15, 0.2) is 59.8 Å². The van der Waals surface area contributed by atoms with Crippen molar-refractivity contribution >= 4 is 17.7 Å². The number of amides is 1. The van der Waals surface area contributed by atoms with Crippen molar-refractivity contribution in [3.63, 3.8) is 0 Å². The molecule has 0 spiro atoms. The molecule has 0 saturated heterocycles. The van der Waals surface area contributed by atoms with E-state index < -0.39 is 0 Å². The van der Waals surface area contributed by atoms with Gasteiger partial charge in [0.25, 0.3) is 0 Å². The quantitative estimate of drug-likeness (QED) is 0.529. The SMILES string of the molecule is CCC[C@H](NC(=O)CSc1n[nH]c(-c2ccc(OC)cc2)n1)c1ccccc1. The lowest BCUT2D eigenvalue weighted by molar-refractivity contribution is -0.119. The third-order valence-electron chi connectivity index (χ3n) is 4.28. The van der Waals surface area contributed by atoms with E-state index in [9.17, 15) is 4.79 Å². The molecule has 1 atom stereocenters. The fraction of sp³-hybridized carbons (Fsp3) is 0.286. The predicted octanol–water partition coefficient (Wildman–Crippen LogP) is 4.23. The largest absolute Gasteiger partial charge is 0.497 e. The summed E-state index contributed by atoms with van der Waals surface area (Å²) in [6.07, 6.45) is 1.90. The van der Waals surface area contributed by atoms with Crippen molar-refractivity contribution in [3.05, 3.63) is 60.2 Å². The molecule has 0 saturated carbocycles. The van der Waals surface area contributed by atoms with Gasteiger partial charge in [-0.2, -0.15) is 0 Å². The van der Waals surface area contributed by atoms with Crippen molar-refractivity contribution in [3.8, 4) is 17.1 Å². The van der Waals surface area contributed by atoms with E-state index in [2.05, 4.69) is 27.4 Å². The van der Waals surface area contributed by atoms with Crippen molar-refractivity contribution in [1.82, 2.24) is 20.5 Å². The number of methoxy groups -OCH3 is 1. The van der Waals surface area contributed by atoms with Gasteiger partial charge in [0.2, 0.25) is 11.1 Å². The molecule has 7 heteroatoms. The van der Waals surface area contributed by atoms with E-state index in [1.807, 2.05) is 54.6 Å². The average Bonchev–Trinajstić information content (AvgIpc) is 3.22. The number of thioether (sulfide) groups is 1. The zero-order valence-corrected chi connectivity index (χ0v) is 16.8. The molecular formula is C21H24N4O2S. The highest BCUT2D eigenvalue weighted by molar-refractivity contribution is 7.99. The Morgan fingerprint density at radius 1 is 1.18 bits per heavy atom. The smallest absolute Gasteiger partial charge is 0.230 e. The van der Waals surface area contributed by atoms with Crippen LogP contribution in [0.5, 0.6) is 5.75 Å². The summed E-state index contributed by atoms with van der Waals surface area (Å²) in [5.74, 6) is 1.70. The number of aromatic nitrogens is 3. The Morgan fingerprint density at radius 3 is 2.61 bits per heavy atom. The summed E-state index contributed by atoms with van der Waals surface area (Å²) >= 11 is 1.32. The highest BCUT2D eigenvalue weighted by Crippen LogP contribution is 2.22. The first-order valence-electron chi connectivity index (χ1n) is 9.23. The van der Waals surface area contributed by atoms with Crippen molar-refractivity contribution < 1.29 is 9.53 Å². The second-order valence-electron chi connectivity index (χ2n) is 6.30. The van der Waals surface area contributed by atoms with Crippen LogP contribution in [-0.4, -0.2) is 34.0 Å². The first-order valence-corrected chi connectivity index (χ1v) is 10.2. The van der Waals surface area contributed by atoms with E-state index in [1.165, 1.54) is 11.8 Å². The summed E-state index contributed by atoms with van der Waals surface area (Å²) in [5.41, 5.74) is 2.04. The Kier molecular flexibility index (Phi) is 7.08. The summed E-state index contributed by atoms with van der Waals surface area (Å²) in [7, 11) is 1.63. The van der Waals surface area contributed by atoms with Crippen LogP contribution in [0.4, 0.5) is 0 Å². The summed E-state index contributed by atoms with van der Waals surface area (Å²) in [6, 6.07) is 17.7. The monoisotopic (exact) mass is 396 g/mol. The third-order valence-corrected chi connectivity index (χ3v) is 5.12. The molecule has 0 aliphatic carbocycles. The van der Waals surface area contributed by atoms with Crippen molar-refractivity contribution in [2.24, 2.45) is 0 Å². The number of hydrogen-bond donors (Lipinski definition) is 2. The molecule has 1 aromatic heterocycles. The number of nitrogens with zero attached hydrogens (tertiary/aromatic N) is 2. The Bertz CT molecular complexity index is 881. The Labute approximate surface area is 169 Å². The second-order valence-corrected chi connectivity index (χ2v) is 7.25. The van der Waals surface area contributed by atoms with Gasteiger partial charge in [-0.3, -0.25) is 9.89 Å². The van der Waals surface area contributed by atoms with E-state index in [0.717, 1.165) is 29.7 Å². The summed E-state index contributed by atoms with van der Waals surface area (Å²) in [6.45, 7) is 2.12. The summed E-state index contributed by atoms with van der Waals surface area (Å²) in [4.78, 5) is 16.9. The number of hydrogen-bond acceptors (Lipinski definition) is 5. The number of benzene rings is 2. The van der Waals surface area contributed by atoms with Crippen molar-refractivity contribution in [2.75, 3.05) is 12.9 Å². The molecule has 2 N–H and O–H groups in total. The molecule has 146 valence electrons. The molecule has 3 aromatic rings. The van der Waals surface area contributed by atoms with Crippen LogP contribution in [0.3, 0.4) is 0 Å². The maximum Gasteiger partial charge on any atom is 0.230 e. The van der Waals surface area contributed by atoms with Crippen LogP contribution < -0.4 is 10.1 Å². The van der Waals surface area contributed by atoms with Crippen LogP contribution in [0.2, 0.25) is 0 Å². The van der Waals surface area contributed by atoms with Crippen molar-refractivity contribution in [2.45, 2.75) is 31.0 Å². The standard InChI is InChI=1S/C21H24N4O2S/c1-3-7-18(15-8-5-4-6-9-15)22-19(26)14-28-21-23-20(24-25-21)16-10-12-17(27-2)13-11-16/h4-6,8-13,18H,3,7,14H2,1-2H3,(H,22,26)(H,23,24,25)/t18-/m0/s1. The molecule has 1 amide bonds. The minimum atomic E-state index is -0.0249. The molecule has 6 nitrogen and oxygen atoms in total. The van der Waals surface area contributed by atoms with E-state index in [1.54, 1.807) is 7.11 Å². The normalized spacial score (nSPS) is 11.8. The number of aromatic amines is 1. The average molecular weight is 397 g/mol.